The van der Waals surface area contributed by atoms with Crippen LogP contribution in [0.4, 0.5) is 4.79 Å². The van der Waals surface area contributed by atoms with Crippen LogP contribution in [0.3, 0.4) is 0 Å². The summed E-state index contributed by atoms with van der Waals surface area (Å²) in [4.78, 5) is 23.8. The Labute approximate surface area is 119 Å². The van der Waals surface area contributed by atoms with E-state index in [-0.39, 0.29) is 25.7 Å². The first kappa shape index (κ1) is 18.7. The number of rotatable bonds is 9. The average molecular weight is 309 g/mol. The molecule has 0 aromatic carbocycles. The van der Waals surface area contributed by atoms with Crippen molar-refractivity contribution in [2.75, 3.05) is 25.9 Å². The van der Waals surface area contributed by atoms with Gasteiger partial charge in [0.05, 0.1) is 6.26 Å². The Kier molecular flexibility index (Phi) is 8.16. The van der Waals surface area contributed by atoms with E-state index in [1.54, 1.807) is 6.92 Å². The highest BCUT2D eigenvalue weighted by molar-refractivity contribution is 7.88. The lowest BCUT2D eigenvalue weighted by atomic mass is 10.2. The lowest BCUT2D eigenvalue weighted by Crippen LogP contribution is -2.47. The minimum atomic E-state index is -3.23. The third-order valence-electron chi connectivity index (χ3n) is 2.68. The van der Waals surface area contributed by atoms with Gasteiger partial charge in [0.2, 0.25) is 10.0 Å². The molecule has 0 aliphatic heterocycles. The molecule has 20 heavy (non-hydrogen) atoms. The van der Waals surface area contributed by atoms with Crippen LogP contribution < -0.4 is 10.0 Å². The van der Waals surface area contributed by atoms with Gasteiger partial charge in [0, 0.05) is 19.1 Å². The summed E-state index contributed by atoms with van der Waals surface area (Å²) in [5.74, 6) is -1.07. The standard InChI is InChI=1S/C11H23N3O5S/c1-4-9(2)14(8-10(15)16)11(17)12-6-5-7-13-20(3,18)19/h9,13H,4-8H2,1-3H3,(H,12,17)(H,15,16). The SMILES string of the molecule is CCC(C)N(CC(=O)O)C(=O)NCCCNS(C)(=O)=O. The van der Waals surface area contributed by atoms with E-state index in [1.807, 2.05) is 6.92 Å². The summed E-state index contributed by atoms with van der Waals surface area (Å²) in [7, 11) is -3.23. The van der Waals surface area contributed by atoms with Crippen LogP contribution in [0, 0.1) is 0 Å². The van der Waals surface area contributed by atoms with Gasteiger partial charge < -0.3 is 15.3 Å². The molecule has 0 aromatic rings. The minimum absolute atomic E-state index is 0.180. The summed E-state index contributed by atoms with van der Waals surface area (Å²) in [6.45, 7) is 3.77. The minimum Gasteiger partial charge on any atom is -0.480 e. The number of carboxylic acids is 1. The summed E-state index contributed by atoms with van der Waals surface area (Å²) >= 11 is 0. The van der Waals surface area contributed by atoms with Gasteiger partial charge in [-0.05, 0) is 19.8 Å². The van der Waals surface area contributed by atoms with Crippen molar-refractivity contribution in [1.29, 1.82) is 0 Å². The highest BCUT2D eigenvalue weighted by atomic mass is 32.2. The van der Waals surface area contributed by atoms with Gasteiger partial charge in [-0.2, -0.15) is 0 Å². The van der Waals surface area contributed by atoms with E-state index in [0.717, 1.165) is 6.26 Å². The number of carboxylic acid groups (broad SMARTS) is 1. The molecule has 8 nitrogen and oxygen atoms in total. The van der Waals surface area contributed by atoms with Gasteiger partial charge in [0.25, 0.3) is 0 Å². The Bertz CT molecular complexity index is 424. The lowest BCUT2D eigenvalue weighted by Gasteiger charge is -2.27. The maximum Gasteiger partial charge on any atom is 0.323 e. The van der Waals surface area contributed by atoms with Crippen LogP contribution in [0.15, 0.2) is 0 Å². The largest absolute Gasteiger partial charge is 0.480 e. The van der Waals surface area contributed by atoms with Crippen LogP contribution in [-0.2, 0) is 14.8 Å². The molecule has 0 saturated heterocycles. The van der Waals surface area contributed by atoms with Crippen molar-refractivity contribution in [3.8, 4) is 0 Å². The fourth-order valence-corrected chi connectivity index (χ4v) is 1.95. The Morgan fingerprint density at radius 3 is 2.35 bits per heavy atom. The molecule has 0 aliphatic carbocycles. The third-order valence-corrected chi connectivity index (χ3v) is 3.41. The lowest BCUT2D eigenvalue weighted by molar-refractivity contribution is -0.138. The Balaban J connectivity index is 4.17. The summed E-state index contributed by atoms with van der Waals surface area (Å²) < 4.78 is 23.9. The van der Waals surface area contributed by atoms with E-state index in [1.165, 1.54) is 4.90 Å². The number of urea groups is 1. The molecule has 2 amide bonds. The topological polar surface area (TPSA) is 116 Å². The number of nitrogens with one attached hydrogen (secondary N) is 2. The zero-order chi connectivity index (χ0) is 15.8. The molecule has 0 aromatic heterocycles. The second-order valence-electron chi connectivity index (χ2n) is 4.53. The summed E-state index contributed by atoms with van der Waals surface area (Å²) in [5.41, 5.74) is 0. The Hall–Kier alpha value is -1.35. The van der Waals surface area contributed by atoms with Crippen molar-refractivity contribution >= 4 is 22.0 Å². The van der Waals surface area contributed by atoms with E-state index < -0.39 is 22.0 Å². The van der Waals surface area contributed by atoms with Crippen LogP contribution in [0.25, 0.3) is 0 Å². The van der Waals surface area contributed by atoms with Gasteiger partial charge in [0.1, 0.15) is 6.54 Å². The number of sulfonamides is 1. The molecule has 9 heteroatoms. The van der Waals surface area contributed by atoms with Gasteiger partial charge in [0.15, 0.2) is 0 Å². The average Bonchev–Trinajstić information content (AvgIpc) is 2.32. The number of aliphatic carboxylic acids is 1. The number of amides is 2. The van der Waals surface area contributed by atoms with Crippen LogP contribution in [0.2, 0.25) is 0 Å². The molecular weight excluding hydrogens is 286 g/mol. The molecule has 0 spiro atoms. The molecule has 0 aliphatic rings. The highest BCUT2D eigenvalue weighted by Crippen LogP contribution is 2.03. The predicted molar refractivity (Wildman–Crippen MR) is 75.0 cm³/mol. The Morgan fingerprint density at radius 1 is 1.30 bits per heavy atom. The number of nitrogens with zero attached hydrogens (tertiary/aromatic N) is 1. The second kappa shape index (κ2) is 8.75. The molecule has 0 rings (SSSR count). The van der Waals surface area contributed by atoms with Crippen molar-refractivity contribution in [2.45, 2.75) is 32.7 Å². The molecule has 1 atom stereocenters. The Morgan fingerprint density at radius 2 is 1.90 bits per heavy atom. The first-order chi connectivity index (χ1) is 9.17. The second-order valence-corrected chi connectivity index (χ2v) is 6.36. The molecule has 0 heterocycles. The van der Waals surface area contributed by atoms with Crippen molar-refractivity contribution in [3.63, 3.8) is 0 Å². The van der Waals surface area contributed by atoms with Gasteiger partial charge in [-0.15, -0.1) is 0 Å². The smallest absolute Gasteiger partial charge is 0.323 e. The van der Waals surface area contributed by atoms with Crippen LogP contribution >= 0.6 is 0 Å². The quantitative estimate of drug-likeness (QED) is 0.511. The maximum absolute atomic E-state index is 11.9. The van der Waals surface area contributed by atoms with Crippen molar-refractivity contribution in [2.24, 2.45) is 0 Å². The zero-order valence-corrected chi connectivity index (χ0v) is 12.9. The molecule has 118 valence electrons. The van der Waals surface area contributed by atoms with Gasteiger partial charge in [-0.1, -0.05) is 6.92 Å². The molecule has 0 fully saturated rings. The maximum atomic E-state index is 11.9. The number of hydrogen-bond donors (Lipinski definition) is 3. The fraction of sp³-hybridized carbons (Fsp3) is 0.818. The molecular formula is C11H23N3O5S. The monoisotopic (exact) mass is 309 g/mol. The normalized spacial score (nSPS) is 12.8. The zero-order valence-electron chi connectivity index (χ0n) is 12.0. The fourth-order valence-electron chi connectivity index (χ4n) is 1.44. The summed E-state index contributed by atoms with van der Waals surface area (Å²) in [5, 5.41) is 11.4. The van der Waals surface area contributed by atoms with Crippen LogP contribution in [-0.4, -0.2) is 62.4 Å². The molecule has 3 N–H and O–H groups in total. The van der Waals surface area contributed by atoms with Crippen LogP contribution in [0.1, 0.15) is 26.7 Å². The van der Waals surface area contributed by atoms with Crippen LogP contribution in [0.5, 0.6) is 0 Å². The molecule has 0 radical (unpaired) electrons. The van der Waals surface area contributed by atoms with Crippen molar-refractivity contribution < 1.29 is 23.1 Å². The van der Waals surface area contributed by atoms with Gasteiger partial charge >= 0.3 is 12.0 Å². The summed E-state index contributed by atoms with van der Waals surface area (Å²) in [6, 6.07) is -0.638. The summed E-state index contributed by atoms with van der Waals surface area (Å²) in [6.07, 6.45) is 2.14. The predicted octanol–water partition coefficient (Wildman–Crippen LogP) is -0.180. The first-order valence-corrected chi connectivity index (χ1v) is 8.27. The highest BCUT2D eigenvalue weighted by Gasteiger charge is 2.20. The number of hydrogen-bond acceptors (Lipinski definition) is 4. The first-order valence-electron chi connectivity index (χ1n) is 6.38. The van der Waals surface area contributed by atoms with Gasteiger partial charge in [-0.3, -0.25) is 4.79 Å². The molecule has 1 unspecified atom stereocenters. The van der Waals surface area contributed by atoms with E-state index in [9.17, 15) is 18.0 Å². The van der Waals surface area contributed by atoms with E-state index in [0.29, 0.717) is 12.8 Å². The number of carbonyl (C=O) groups is 2. The van der Waals surface area contributed by atoms with Crippen molar-refractivity contribution in [1.82, 2.24) is 14.9 Å². The van der Waals surface area contributed by atoms with Crippen molar-refractivity contribution in [3.05, 3.63) is 0 Å². The number of carbonyl (C=O) groups excluding carboxylic acids is 1. The van der Waals surface area contributed by atoms with E-state index >= 15 is 0 Å². The third kappa shape index (κ3) is 8.70. The van der Waals surface area contributed by atoms with E-state index in [4.69, 9.17) is 5.11 Å². The van der Waals surface area contributed by atoms with Gasteiger partial charge in [-0.25, -0.2) is 17.9 Å². The molecule has 0 bridgehead atoms. The molecule has 0 saturated carbocycles. The van der Waals surface area contributed by atoms with E-state index in [2.05, 4.69) is 10.0 Å².